The van der Waals surface area contributed by atoms with E-state index in [0.29, 0.717) is 11.8 Å². The predicted molar refractivity (Wildman–Crippen MR) is 139 cm³/mol. The molecule has 0 aliphatic carbocycles. The minimum absolute atomic E-state index is 0.0391. The van der Waals surface area contributed by atoms with E-state index < -0.39 is 27.5 Å². The third-order valence-corrected chi connectivity index (χ3v) is 9.84. The fourth-order valence-electron chi connectivity index (χ4n) is 6.23. The van der Waals surface area contributed by atoms with Crippen molar-refractivity contribution in [2.75, 3.05) is 18.8 Å². The largest absolute Gasteiger partial charge is 0.416 e. The number of hydrogen-bond acceptors (Lipinski definition) is 4. The van der Waals surface area contributed by atoms with E-state index in [1.54, 1.807) is 6.20 Å². The summed E-state index contributed by atoms with van der Waals surface area (Å²) in [7, 11) is -4.04. The number of rotatable bonds is 6. The number of sulfone groups is 1. The Kier molecular flexibility index (Phi) is 6.69. The molecule has 6 rings (SSSR count). The summed E-state index contributed by atoms with van der Waals surface area (Å²) in [5.41, 5.74) is 2.02. The number of benzene rings is 2. The molecule has 3 aliphatic rings. The van der Waals surface area contributed by atoms with Gasteiger partial charge in [-0.05, 0) is 92.6 Å². The summed E-state index contributed by atoms with van der Waals surface area (Å²) in [5, 5.41) is 0.894. The van der Waals surface area contributed by atoms with Crippen LogP contribution in [0.4, 0.5) is 13.2 Å². The van der Waals surface area contributed by atoms with Crippen LogP contribution in [0.1, 0.15) is 41.0 Å². The van der Waals surface area contributed by atoms with E-state index in [0.717, 1.165) is 60.1 Å². The SMILES string of the molecule is C=CC1CN2CCC1CC2C(CS(=O)(=O)c1cc(C)cc(C(F)(F)F)c1)c1ccnc2ccc(C)cc12. The number of piperidine rings is 3. The normalized spacial score (nSPS) is 24.8. The number of nitrogens with zero attached hydrogens (tertiary/aromatic N) is 2. The molecule has 2 bridgehead atoms. The minimum atomic E-state index is -4.62. The van der Waals surface area contributed by atoms with Crippen LogP contribution in [0.2, 0.25) is 0 Å². The highest BCUT2D eigenvalue weighted by molar-refractivity contribution is 7.91. The molecule has 5 unspecified atom stereocenters. The van der Waals surface area contributed by atoms with Gasteiger partial charge in [0.25, 0.3) is 0 Å². The van der Waals surface area contributed by atoms with Crippen molar-refractivity contribution in [2.24, 2.45) is 11.8 Å². The summed E-state index contributed by atoms with van der Waals surface area (Å²) < 4.78 is 68.2. The second-order valence-electron chi connectivity index (χ2n) is 10.6. The number of pyridine rings is 1. The molecule has 3 fully saturated rings. The number of fused-ring (bicyclic) bond motifs is 4. The minimum Gasteiger partial charge on any atom is -0.299 e. The number of aryl methyl sites for hydroxylation is 2. The maximum Gasteiger partial charge on any atom is 0.416 e. The average Bonchev–Trinajstić information content (AvgIpc) is 2.86. The number of alkyl halides is 3. The van der Waals surface area contributed by atoms with Gasteiger partial charge in [0, 0.05) is 30.1 Å². The predicted octanol–water partition coefficient (Wildman–Crippen LogP) is 6.32. The van der Waals surface area contributed by atoms with Crippen LogP contribution in [0.5, 0.6) is 0 Å². The van der Waals surface area contributed by atoms with Crippen LogP contribution in [-0.4, -0.2) is 43.2 Å². The van der Waals surface area contributed by atoms with Crippen molar-refractivity contribution < 1.29 is 21.6 Å². The Morgan fingerprint density at radius 3 is 2.59 bits per heavy atom. The molecule has 0 saturated carbocycles. The molecule has 3 aromatic rings. The Balaban J connectivity index is 1.61. The van der Waals surface area contributed by atoms with Crippen LogP contribution in [0.25, 0.3) is 10.9 Å². The molecule has 4 nitrogen and oxygen atoms in total. The number of aromatic nitrogens is 1. The number of halogens is 3. The van der Waals surface area contributed by atoms with Gasteiger partial charge in [-0.2, -0.15) is 13.2 Å². The maximum atomic E-state index is 13.8. The Bertz CT molecular complexity index is 1450. The first-order valence-corrected chi connectivity index (χ1v) is 14.2. The number of hydrogen-bond donors (Lipinski definition) is 0. The molecule has 5 atom stereocenters. The van der Waals surface area contributed by atoms with Crippen LogP contribution in [-0.2, 0) is 16.0 Å². The van der Waals surface area contributed by atoms with Gasteiger partial charge in [0.15, 0.2) is 9.84 Å². The Morgan fingerprint density at radius 2 is 1.92 bits per heavy atom. The first kappa shape index (κ1) is 25.9. The van der Waals surface area contributed by atoms with Gasteiger partial charge in [-0.3, -0.25) is 9.88 Å². The van der Waals surface area contributed by atoms with E-state index in [-0.39, 0.29) is 22.3 Å². The van der Waals surface area contributed by atoms with Gasteiger partial charge >= 0.3 is 6.18 Å². The van der Waals surface area contributed by atoms with E-state index in [1.165, 1.54) is 13.0 Å². The molecule has 0 amide bonds. The van der Waals surface area contributed by atoms with Gasteiger partial charge in [-0.15, -0.1) is 6.58 Å². The molecule has 3 saturated heterocycles. The third-order valence-electron chi connectivity index (χ3n) is 8.08. The molecule has 3 aliphatic heterocycles. The van der Waals surface area contributed by atoms with Crippen molar-refractivity contribution in [2.45, 2.75) is 49.7 Å². The van der Waals surface area contributed by atoms with Crippen molar-refractivity contribution >= 4 is 20.7 Å². The zero-order valence-electron chi connectivity index (χ0n) is 21.0. The second-order valence-corrected chi connectivity index (χ2v) is 12.6. The monoisotopic (exact) mass is 528 g/mol. The van der Waals surface area contributed by atoms with Gasteiger partial charge in [-0.25, -0.2) is 8.42 Å². The quantitative estimate of drug-likeness (QED) is 0.351. The van der Waals surface area contributed by atoms with Crippen molar-refractivity contribution in [3.05, 3.63) is 83.6 Å². The molecular formula is C29H31F3N2O2S. The smallest absolute Gasteiger partial charge is 0.299 e. The van der Waals surface area contributed by atoms with Crippen molar-refractivity contribution in [3.8, 4) is 0 Å². The Morgan fingerprint density at radius 1 is 1.14 bits per heavy atom. The second kappa shape index (κ2) is 9.55. The zero-order chi connectivity index (χ0) is 26.5. The average molecular weight is 529 g/mol. The van der Waals surface area contributed by atoms with E-state index >= 15 is 0 Å². The fourth-order valence-corrected chi connectivity index (χ4v) is 7.97. The standard InChI is InChI=1S/C29H31F3N2O2S/c1-4-20-16-34-10-8-21(20)14-28(34)26(24-7-9-33-27-6-5-18(2)13-25(24)27)17-37(35,36)23-12-19(3)11-22(15-23)29(30,31)32/h4-7,9,11-13,15,20-21,26,28H,1,8,10,14,16-17H2,2-3H3. The lowest BCUT2D eigenvalue weighted by Gasteiger charge is -2.51. The molecule has 196 valence electrons. The van der Waals surface area contributed by atoms with Crippen LogP contribution >= 0.6 is 0 Å². The van der Waals surface area contributed by atoms with Gasteiger partial charge in [0.1, 0.15) is 0 Å². The molecule has 37 heavy (non-hydrogen) atoms. The zero-order valence-corrected chi connectivity index (χ0v) is 21.8. The summed E-state index contributed by atoms with van der Waals surface area (Å²) in [5.74, 6) is 0.0989. The summed E-state index contributed by atoms with van der Waals surface area (Å²) >= 11 is 0. The van der Waals surface area contributed by atoms with Gasteiger partial charge < -0.3 is 0 Å². The van der Waals surface area contributed by atoms with Gasteiger partial charge in [-0.1, -0.05) is 17.7 Å². The lowest BCUT2D eigenvalue weighted by Crippen LogP contribution is -2.55. The maximum absolute atomic E-state index is 13.8. The lowest BCUT2D eigenvalue weighted by molar-refractivity contribution is -0.137. The molecule has 1 aromatic heterocycles. The van der Waals surface area contributed by atoms with E-state index in [4.69, 9.17) is 0 Å². The summed E-state index contributed by atoms with van der Waals surface area (Å²) in [6.45, 7) is 9.16. The molecule has 0 spiro atoms. The van der Waals surface area contributed by atoms with Crippen molar-refractivity contribution in [1.82, 2.24) is 9.88 Å². The topological polar surface area (TPSA) is 50.3 Å². The summed E-state index contributed by atoms with van der Waals surface area (Å²) in [6.07, 6.45) is 0.936. The van der Waals surface area contributed by atoms with E-state index in [2.05, 4.69) is 16.5 Å². The van der Waals surface area contributed by atoms with Crippen molar-refractivity contribution in [3.63, 3.8) is 0 Å². The summed E-state index contributed by atoms with van der Waals surface area (Å²) in [6, 6.07) is 10.9. The Hall–Kier alpha value is -2.71. The van der Waals surface area contributed by atoms with Crippen LogP contribution < -0.4 is 0 Å². The molecule has 4 heterocycles. The molecule has 2 aromatic carbocycles. The fraction of sp³-hybridized carbons (Fsp3) is 0.414. The highest BCUT2D eigenvalue weighted by Gasteiger charge is 2.44. The summed E-state index contributed by atoms with van der Waals surface area (Å²) in [4.78, 5) is 6.56. The highest BCUT2D eigenvalue weighted by atomic mass is 32.2. The van der Waals surface area contributed by atoms with Crippen LogP contribution in [0.15, 0.2) is 66.2 Å². The van der Waals surface area contributed by atoms with Crippen LogP contribution in [0, 0.1) is 25.7 Å². The molecule has 8 heteroatoms. The van der Waals surface area contributed by atoms with Gasteiger partial charge in [0.2, 0.25) is 0 Å². The van der Waals surface area contributed by atoms with Crippen molar-refractivity contribution in [1.29, 1.82) is 0 Å². The third kappa shape index (κ3) is 5.06. The molecule has 0 radical (unpaired) electrons. The van der Waals surface area contributed by atoms with E-state index in [9.17, 15) is 21.6 Å². The first-order chi connectivity index (χ1) is 17.5. The highest BCUT2D eigenvalue weighted by Crippen LogP contribution is 2.44. The Labute approximate surface area is 216 Å². The van der Waals surface area contributed by atoms with E-state index in [1.807, 2.05) is 37.3 Å². The lowest BCUT2D eigenvalue weighted by atomic mass is 9.71. The van der Waals surface area contributed by atoms with Crippen LogP contribution in [0.3, 0.4) is 0 Å². The van der Waals surface area contributed by atoms with Gasteiger partial charge in [0.05, 0.1) is 21.7 Å². The molecular weight excluding hydrogens is 497 g/mol. The first-order valence-electron chi connectivity index (χ1n) is 12.6. The molecule has 0 N–H and O–H groups in total.